The van der Waals surface area contributed by atoms with Gasteiger partial charge >= 0.3 is 0 Å². The van der Waals surface area contributed by atoms with E-state index in [1.807, 2.05) is 0 Å². The average molecular weight is 236 g/mol. The smallest absolute Gasteiger partial charge is 0.244 e. The van der Waals surface area contributed by atoms with E-state index >= 15 is 0 Å². The number of unbranched alkanes of at least 4 members (excludes halogenated alkanes) is 6. The van der Waals surface area contributed by atoms with Gasteiger partial charge in [-0.05, 0) is 12.8 Å². The standard InChI is InChI=1S/C12H26FOP/c1-3-5-7-9-11-15(13,14)12-10-8-6-4-2/h3-12H2,1-2H3. The molecule has 92 valence electrons. The normalized spacial score (nSPS) is 11.9. The van der Waals surface area contributed by atoms with Crippen LogP contribution in [0.2, 0.25) is 0 Å². The Morgan fingerprint density at radius 1 is 0.800 bits per heavy atom. The van der Waals surface area contributed by atoms with Crippen LogP contribution in [0.3, 0.4) is 0 Å². The first kappa shape index (κ1) is 15.2. The third-order valence-electron chi connectivity index (χ3n) is 2.69. The summed E-state index contributed by atoms with van der Waals surface area (Å²) in [6.45, 7) is 4.25. The summed E-state index contributed by atoms with van der Waals surface area (Å²) < 4.78 is 25.0. The third-order valence-corrected chi connectivity index (χ3v) is 4.66. The highest BCUT2D eigenvalue weighted by Gasteiger charge is 2.18. The SMILES string of the molecule is CCCCCCP(=O)(F)CCCCCC. The molecular formula is C12H26FOP. The van der Waals surface area contributed by atoms with Crippen molar-refractivity contribution in [1.82, 2.24) is 0 Å². The minimum absolute atomic E-state index is 0.319. The van der Waals surface area contributed by atoms with Crippen molar-refractivity contribution in [3.63, 3.8) is 0 Å². The van der Waals surface area contributed by atoms with Gasteiger partial charge in [-0.25, -0.2) is 0 Å². The minimum atomic E-state index is -3.27. The highest BCUT2D eigenvalue weighted by molar-refractivity contribution is 7.58. The highest BCUT2D eigenvalue weighted by atomic mass is 31.2. The Morgan fingerprint density at radius 2 is 1.20 bits per heavy atom. The summed E-state index contributed by atoms with van der Waals surface area (Å²) in [6.07, 6.45) is 8.85. The van der Waals surface area contributed by atoms with Gasteiger partial charge in [0.1, 0.15) is 0 Å². The first-order chi connectivity index (χ1) is 7.12. The molecule has 0 aromatic carbocycles. The molecule has 15 heavy (non-hydrogen) atoms. The molecule has 0 aliphatic heterocycles. The van der Waals surface area contributed by atoms with Gasteiger partial charge in [0.25, 0.3) is 0 Å². The molecule has 0 saturated carbocycles. The van der Waals surface area contributed by atoms with Crippen molar-refractivity contribution >= 4 is 7.45 Å². The second kappa shape index (κ2) is 9.39. The van der Waals surface area contributed by atoms with Gasteiger partial charge in [-0.3, -0.25) is 4.57 Å². The van der Waals surface area contributed by atoms with E-state index < -0.39 is 7.45 Å². The van der Waals surface area contributed by atoms with Gasteiger partial charge in [-0.1, -0.05) is 52.4 Å². The Morgan fingerprint density at radius 3 is 1.53 bits per heavy atom. The molecule has 0 heterocycles. The fourth-order valence-electron chi connectivity index (χ4n) is 1.66. The lowest BCUT2D eigenvalue weighted by molar-refractivity contribution is 0.530. The van der Waals surface area contributed by atoms with E-state index in [9.17, 15) is 8.76 Å². The molecule has 0 bridgehead atoms. The molecule has 0 saturated heterocycles. The van der Waals surface area contributed by atoms with Crippen molar-refractivity contribution in [3.8, 4) is 0 Å². The van der Waals surface area contributed by atoms with Crippen molar-refractivity contribution in [2.24, 2.45) is 0 Å². The molecule has 0 aromatic rings. The Kier molecular flexibility index (Phi) is 9.49. The highest BCUT2D eigenvalue weighted by Crippen LogP contribution is 2.49. The summed E-state index contributed by atoms with van der Waals surface area (Å²) in [4.78, 5) is 0. The van der Waals surface area contributed by atoms with Gasteiger partial charge in [0.15, 0.2) is 0 Å². The monoisotopic (exact) mass is 236 g/mol. The Hall–Kier alpha value is 0.160. The maximum absolute atomic E-state index is 13.5. The predicted octanol–water partition coefficient (Wildman–Crippen LogP) is 5.39. The maximum atomic E-state index is 13.5. The van der Waals surface area contributed by atoms with Gasteiger partial charge < -0.3 is 0 Å². The third kappa shape index (κ3) is 10.4. The van der Waals surface area contributed by atoms with Crippen LogP contribution in [0.15, 0.2) is 0 Å². The fraction of sp³-hybridized carbons (Fsp3) is 1.00. The number of hydrogen-bond acceptors (Lipinski definition) is 1. The van der Waals surface area contributed by atoms with Crippen LogP contribution in [-0.2, 0) is 4.57 Å². The molecule has 0 N–H and O–H groups in total. The van der Waals surface area contributed by atoms with Crippen molar-refractivity contribution < 1.29 is 8.76 Å². The first-order valence-electron chi connectivity index (χ1n) is 6.40. The molecule has 3 heteroatoms. The van der Waals surface area contributed by atoms with Crippen LogP contribution in [0, 0.1) is 0 Å². The van der Waals surface area contributed by atoms with Crippen molar-refractivity contribution in [1.29, 1.82) is 0 Å². The van der Waals surface area contributed by atoms with Crippen molar-refractivity contribution in [2.45, 2.75) is 65.2 Å². The summed E-state index contributed by atoms with van der Waals surface area (Å²) in [6, 6.07) is 0. The van der Waals surface area contributed by atoms with Gasteiger partial charge in [0.05, 0.1) is 0 Å². The molecule has 1 nitrogen and oxygen atoms in total. The van der Waals surface area contributed by atoms with E-state index in [1.165, 1.54) is 0 Å². The van der Waals surface area contributed by atoms with Crippen LogP contribution in [0.5, 0.6) is 0 Å². The van der Waals surface area contributed by atoms with E-state index in [4.69, 9.17) is 0 Å². The molecule has 0 aliphatic rings. The molecule has 0 amide bonds. The van der Waals surface area contributed by atoms with E-state index in [0.29, 0.717) is 12.3 Å². The average Bonchev–Trinajstić information content (AvgIpc) is 2.20. The van der Waals surface area contributed by atoms with Crippen LogP contribution < -0.4 is 0 Å². The van der Waals surface area contributed by atoms with E-state index in [-0.39, 0.29) is 0 Å². The maximum Gasteiger partial charge on any atom is 0.244 e. The molecule has 0 aromatic heterocycles. The topological polar surface area (TPSA) is 17.1 Å². The Bertz CT molecular complexity index is 166. The lowest BCUT2D eigenvalue weighted by atomic mass is 10.2. The molecule has 0 atom stereocenters. The zero-order valence-corrected chi connectivity index (χ0v) is 11.2. The number of hydrogen-bond donors (Lipinski definition) is 0. The minimum Gasteiger partial charge on any atom is -0.288 e. The first-order valence-corrected chi connectivity index (χ1v) is 8.37. The van der Waals surface area contributed by atoms with Crippen LogP contribution in [0.25, 0.3) is 0 Å². The van der Waals surface area contributed by atoms with Gasteiger partial charge in [-0.2, -0.15) is 4.20 Å². The molecule has 0 spiro atoms. The summed E-state index contributed by atoms with van der Waals surface area (Å²) in [5.74, 6) is 0. The van der Waals surface area contributed by atoms with E-state index in [0.717, 1.165) is 51.4 Å². The number of halogens is 1. The van der Waals surface area contributed by atoms with E-state index in [1.54, 1.807) is 0 Å². The van der Waals surface area contributed by atoms with Gasteiger partial charge in [0, 0.05) is 12.3 Å². The van der Waals surface area contributed by atoms with Crippen LogP contribution in [0.4, 0.5) is 4.20 Å². The summed E-state index contributed by atoms with van der Waals surface area (Å²) in [5, 5.41) is 0. The molecular weight excluding hydrogens is 210 g/mol. The number of rotatable bonds is 10. The largest absolute Gasteiger partial charge is 0.288 e. The molecule has 0 rings (SSSR count). The second-order valence-electron chi connectivity index (χ2n) is 4.36. The van der Waals surface area contributed by atoms with Gasteiger partial charge in [0.2, 0.25) is 7.45 Å². The lowest BCUT2D eigenvalue weighted by Gasteiger charge is -2.08. The quantitative estimate of drug-likeness (QED) is 0.367. The van der Waals surface area contributed by atoms with Crippen molar-refractivity contribution in [3.05, 3.63) is 0 Å². The molecule has 0 aliphatic carbocycles. The van der Waals surface area contributed by atoms with Crippen LogP contribution in [-0.4, -0.2) is 12.3 Å². The Balaban J connectivity index is 3.45. The zero-order chi connectivity index (χ0) is 11.6. The fourth-order valence-corrected chi connectivity index (χ4v) is 3.28. The van der Waals surface area contributed by atoms with Crippen molar-refractivity contribution in [2.75, 3.05) is 12.3 Å². The summed E-state index contributed by atoms with van der Waals surface area (Å²) in [5.41, 5.74) is 0. The zero-order valence-electron chi connectivity index (χ0n) is 10.3. The van der Waals surface area contributed by atoms with Gasteiger partial charge in [-0.15, -0.1) is 0 Å². The molecule has 0 radical (unpaired) electrons. The summed E-state index contributed by atoms with van der Waals surface area (Å²) >= 11 is 0. The molecule has 0 unspecified atom stereocenters. The van der Waals surface area contributed by atoms with Crippen LogP contribution in [0.1, 0.15) is 65.2 Å². The van der Waals surface area contributed by atoms with Crippen LogP contribution >= 0.6 is 7.45 Å². The molecule has 0 fully saturated rings. The lowest BCUT2D eigenvalue weighted by Crippen LogP contribution is -1.92. The second-order valence-corrected chi connectivity index (χ2v) is 6.83. The summed E-state index contributed by atoms with van der Waals surface area (Å²) in [7, 11) is -3.27. The predicted molar refractivity (Wildman–Crippen MR) is 66.7 cm³/mol. The Labute approximate surface area is 94.3 Å². The van der Waals surface area contributed by atoms with E-state index in [2.05, 4.69) is 13.8 Å².